The Kier molecular flexibility index (Phi) is 4.11. The van der Waals surface area contributed by atoms with Crippen molar-refractivity contribution in [2.45, 2.75) is 45.8 Å². The largest absolute Gasteiger partial charge is 0.326 e. The molecule has 1 fully saturated rings. The molecule has 0 spiro atoms. The average Bonchev–Trinajstić information content (AvgIpc) is 2.82. The maximum atomic E-state index is 5.97. The molecule has 2 atom stereocenters. The van der Waals surface area contributed by atoms with Crippen LogP contribution in [0.15, 0.2) is 24.3 Å². The molecule has 20 heavy (non-hydrogen) atoms. The molecule has 1 aliphatic heterocycles. The zero-order chi connectivity index (χ0) is 14.1. The van der Waals surface area contributed by atoms with Crippen molar-refractivity contribution in [1.29, 1.82) is 0 Å². The van der Waals surface area contributed by atoms with Gasteiger partial charge in [0, 0.05) is 28.7 Å². The fourth-order valence-corrected chi connectivity index (χ4v) is 4.43. The lowest BCUT2D eigenvalue weighted by Gasteiger charge is -2.38. The normalized spacial score (nSPS) is 24.4. The van der Waals surface area contributed by atoms with Crippen LogP contribution in [0.4, 0.5) is 0 Å². The van der Waals surface area contributed by atoms with E-state index < -0.39 is 0 Å². The third-order valence-corrected chi connectivity index (χ3v) is 6.07. The number of nitrogens with zero attached hydrogens (tertiary/aromatic N) is 1. The van der Waals surface area contributed by atoms with E-state index in [4.69, 9.17) is 5.73 Å². The number of nitrogens with two attached hydrogens (primary N) is 1. The molecule has 1 saturated heterocycles. The number of fused-ring (bicyclic) bond motifs is 1. The molecule has 0 saturated carbocycles. The first-order chi connectivity index (χ1) is 9.70. The number of benzene rings is 1. The van der Waals surface area contributed by atoms with Crippen LogP contribution in [-0.2, 0) is 13.1 Å². The van der Waals surface area contributed by atoms with Gasteiger partial charge in [0.15, 0.2) is 0 Å². The Labute approximate surface area is 125 Å². The van der Waals surface area contributed by atoms with Crippen molar-refractivity contribution in [3.8, 4) is 0 Å². The Morgan fingerprint density at radius 2 is 2.10 bits per heavy atom. The summed E-state index contributed by atoms with van der Waals surface area (Å²) in [5.74, 6) is 0.801. The van der Waals surface area contributed by atoms with Gasteiger partial charge in [-0.05, 0) is 49.2 Å². The minimum Gasteiger partial charge on any atom is -0.326 e. The molecule has 2 aromatic rings. The van der Waals surface area contributed by atoms with Gasteiger partial charge >= 0.3 is 0 Å². The van der Waals surface area contributed by atoms with Gasteiger partial charge < -0.3 is 5.73 Å². The summed E-state index contributed by atoms with van der Waals surface area (Å²) in [4.78, 5) is 4.00. The number of piperidine rings is 1. The number of thiophene rings is 1. The third-order valence-electron chi connectivity index (χ3n) is 4.83. The lowest BCUT2D eigenvalue weighted by molar-refractivity contribution is 0.107. The summed E-state index contributed by atoms with van der Waals surface area (Å²) < 4.78 is 1.38. The van der Waals surface area contributed by atoms with Gasteiger partial charge in [0.25, 0.3) is 0 Å². The molecule has 2 N–H and O–H groups in total. The van der Waals surface area contributed by atoms with Crippen LogP contribution < -0.4 is 5.73 Å². The highest BCUT2D eigenvalue weighted by atomic mass is 32.1. The van der Waals surface area contributed by atoms with Crippen LogP contribution in [0.25, 0.3) is 10.1 Å². The zero-order valence-corrected chi connectivity index (χ0v) is 13.2. The van der Waals surface area contributed by atoms with Crippen molar-refractivity contribution in [2.24, 2.45) is 11.7 Å². The van der Waals surface area contributed by atoms with Gasteiger partial charge in [-0.25, -0.2) is 0 Å². The highest BCUT2D eigenvalue weighted by Crippen LogP contribution is 2.34. The van der Waals surface area contributed by atoms with Crippen molar-refractivity contribution in [3.05, 3.63) is 34.7 Å². The van der Waals surface area contributed by atoms with E-state index in [-0.39, 0.29) is 0 Å². The summed E-state index contributed by atoms with van der Waals surface area (Å²) in [5.41, 5.74) is 7.44. The van der Waals surface area contributed by atoms with Crippen molar-refractivity contribution in [2.75, 3.05) is 6.54 Å². The minimum atomic E-state index is 0.659. The predicted octanol–water partition coefficient (Wildman–Crippen LogP) is 3.98. The molecule has 0 bridgehead atoms. The molecular formula is C17H24N2S. The van der Waals surface area contributed by atoms with Gasteiger partial charge in [0.05, 0.1) is 0 Å². The second-order valence-electron chi connectivity index (χ2n) is 6.03. The van der Waals surface area contributed by atoms with Crippen molar-refractivity contribution >= 4 is 21.4 Å². The Bertz CT molecular complexity index is 590. The SMILES string of the molecule is CC1CCCN(Cc2c(CN)sc3ccccc23)C1C. The van der Waals surface area contributed by atoms with E-state index in [0.717, 1.165) is 12.5 Å². The van der Waals surface area contributed by atoms with Gasteiger partial charge in [-0.15, -0.1) is 11.3 Å². The molecule has 2 heterocycles. The highest BCUT2D eigenvalue weighted by molar-refractivity contribution is 7.19. The van der Waals surface area contributed by atoms with Gasteiger partial charge in [-0.1, -0.05) is 25.1 Å². The predicted molar refractivity (Wildman–Crippen MR) is 88.0 cm³/mol. The van der Waals surface area contributed by atoms with Crippen LogP contribution >= 0.6 is 11.3 Å². The monoisotopic (exact) mass is 288 g/mol. The average molecular weight is 288 g/mol. The molecule has 1 aliphatic rings. The van der Waals surface area contributed by atoms with Crippen LogP contribution in [0.2, 0.25) is 0 Å². The Morgan fingerprint density at radius 1 is 1.30 bits per heavy atom. The van der Waals surface area contributed by atoms with Gasteiger partial charge in [-0.2, -0.15) is 0 Å². The first-order valence-electron chi connectivity index (χ1n) is 7.64. The second kappa shape index (κ2) is 5.84. The molecule has 3 heteroatoms. The minimum absolute atomic E-state index is 0.659. The van der Waals surface area contributed by atoms with Crippen LogP contribution in [0.3, 0.4) is 0 Å². The molecule has 108 valence electrons. The van der Waals surface area contributed by atoms with E-state index in [1.807, 2.05) is 11.3 Å². The van der Waals surface area contributed by atoms with Gasteiger partial charge in [0.2, 0.25) is 0 Å². The van der Waals surface area contributed by atoms with Crippen LogP contribution in [-0.4, -0.2) is 17.5 Å². The first-order valence-corrected chi connectivity index (χ1v) is 8.45. The molecule has 1 aromatic carbocycles. The lowest BCUT2D eigenvalue weighted by atomic mass is 9.91. The van der Waals surface area contributed by atoms with E-state index in [9.17, 15) is 0 Å². The molecule has 0 radical (unpaired) electrons. The number of hydrogen-bond acceptors (Lipinski definition) is 3. The molecule has 2 nitrogen and oxygen atoms in total. The summed E-state index contributed by atoms with van der Waals surface area (Å²) in [7, 11) is 0. The standard InChI is InChI=1S/C17H24N2S/c1-12-6-5-9-19(13(12)2)11-15-14-7-3-4-8-16(14)20-17(15)10-18/h3-4,7-8,12-13H,5-6,9-11,18H2,1-2H3. The van der Waals surface area contributed by atoms with Gasteiger partial charge in [-0.3, -0.25) is 4.90 Å². The summed E-state index contributed by atoms with van der Waals surface area (Å²) >= 11 is 1.86. The third kappa shape index (κ3) is 2.50. The highest BCUT2D eigenvalue weighted by Gasteiger charge is 2.26. The van der Waals surface area contributed by atoms with E-state index in [2.05, 4.69) is 43.0 Å². The summed E-state index contributed by atoms with van der Waals surface area (Å²) in [6.45, 7) is 7.70. The molecular weight excluding hydrogens is 264 g/mol. The maximum Gasteiger partial charge on any atom is 0.0349 e. The second-order valence-corrected chi connectivity index (χ2v) is 7.17. The quantitative estimate of drug-likeness (QED) is 0.925. The summed E-state index contributed by atoms with van der Waals surface area (Å²) in [5, 5.41) is 1.41. The van der Waals surface area contributed by atoms with Crippen LogP contribution in [0, 0.1) is 5.92 Å². The fraction of sp³-hybridized carbons (Fsp3) is 0.529. The fourth-order valence-electron chi connectivity index (χ4n) is 3.33. The molecule has 0 amide bonds. The Hall–Kier alpha value is -0.900. The van der Waals surface area contributed by atoms with E-state index in [1.54, 1.807) is 0 Å². The zero-order valence-electron chi connectivity index (χ0n) is 12.4. The summed E-state index contributed by atoms with van der Waals surface area (Å²) in [6.07, 6.45) is 2.69. The topological polar surface area (TPSA) is 29.3 Å². The van der Waals surface area contributed by atoms with Crippen molar-refractivity contribution in [3.63, 3.8) is 0 Å². The number of likely N-dealkylation sites (tertiary alicyclic amines) is 1. The maximum absolute atomic E-state index is 5.97. The number of hydrogen-bond donors (Lipinski definition) is 1. The van der Waals surface area contributed by atoms with E-state index in [1.165, 1.54) is 39.9 Å². The summed E-state index contributed by atoms with van der Waals surface area (Å²) in [6, 6.07) is 9.40. The first kappa shape index (κ1) is 14.1. The lowest BCUT2D eigenvalue weighted by Crippen LogP contribution is -2.41. The van der Waals surface area contributed by atoms with Gasteiger partial charge in [0.1, 0.15) is 0 Å². The molecule has 1 aromatic heterocycles. The molecule has 3 rings (SSSR count). The Morgan fingerprint density at radius 3 is 2.90 bits per heavy atom. The molecule has 2 unspecified atom stereocenters. The number of rotatable bonds is 3. The van der Waals surface area contributed by atoms with Crippen molar-refractivity contribution < 1.29 is 0 Å². The smallest absolute Gasteiger partial charge is 0.0349 e. The van der Waals surface area contributed by atoms with E-state index >= 15 is 0 Å². The van der Waals surface area contributed by atoms with Crippen LogP contribution in [0.5, 0.6) is 0 Å². The molecule has 0 aliphatic carbocycles. The van der Waals surface area contributed by atoms with Crippen molar-refractivity contribution in [1.82, 2.24) is 4.90 Å². The Balaban J connectivity index is 1.93. The van der Waals surface area contributed by atoms with E-state index in [0.29, 0.717) is 12.6 Å². The van der Waals surface area contributed by atoms with Crippen LogP contribution in [0.1, 0.15) is 37.1 Å².